The van der Waals surface area contributed by atoms with Gasteiger partial charge in [0.05, 0.1) is 28.8 Å². The molecule has 2 aromatic heterocycles. The predicted molar refractivity (Wildman–Crippen MR) is 136 cm³/mol. The summed E-state index contributed by atoms with van der Waals surface area (Å²) in [4.78, 5) is 16.5. The Morgan fingerprint density at radius 2 is 2.00 bits per heavy atom. The fraction of sp³-hybridized carbons (Fsp3) is 0.160. The van der Waals surface area contributed by atoms with Crippen molar-refractivity contribution >= 4 is 51.2 Å². The highest BCUT2D eigenvalue weighted by atomic mass is 32.2. The van der Waals surface area contributed by atoms with Crippen molar-refractivity contribution in [1.82, 2.24) is 4.57 Å². The first-order valence-corrected chi connectivity index (χ1v) is 13.0. The molecular formula is C25H21N4OS3+. The number of thioether (sulfide) groups is 1. The predicted octanol–water partition coefficient (Wildman–Crippen LogP) is 3.34. The summed E-state index contributed by atoms with van der Waals surface area (Å²) in [5.41, 5.74) is 2.86. The van der Waals surface area contributed by atoms with E-state index in [9.17, 15) is 10.1 Å². The number of nitrogens with zero attached hydrogens (tertiary/aromatic N) is 4. The van der Waals surface area contributed by atoms with Gasteiger partial charge in [-0.3, -0.25) is 9.36 Å². The molecule has 3 heterocycles. The van der Waals surface area contributed by atoms with Crippen molar-refractivity contribution in [2.45, 2.75) is 24.9 Å². The van der Waals surface area contributed by atoms with Gasteiger partial charge < -0.3 is 4.90 Å². The molecule has 0 radical (unpaired) electrons. The average Bonchev–Trinajstić information content (AvgIpc) is 3.50. The molecule has 0 atom stereocenters. The van der Waals surface area contributed by atoms with Crippen LogP contribution in [0.3, 0.4) is 0 Å². The highest BCUT2D eigenvalue weighted by molar-refractivity contribution is 8.08. The van der Waals surface area contributed by atoms with Crippen LogP contribution in [0.1, 0.15) is 23.1 Å². The first-order valence-electron chi connectivity index (χ1n) is 10.5. The molecule has 0 bridgehead atoms. The minimum absolute atomic E-state index is 0.0302. The quantitative estimate of drug-likeness (QED) is 0.413. The zero-order valence-corrected chi connectivity index (χ0v) is 20.6. The van der Waals surface area contributed by atoms with Gasteiger partial charge >= 0.3 is 0 Å². The van der Waals surface area contributed by atoms with Gasteiger partial charge in [-0.15, -0.1) is 11.3 Å². The standard InChI is InChI=1S/C25H21N4OS3/c1-3-29-22(14-21-28(11-12-31-21)16-17-7-5-4-6-8-17)33-23(24(29)30)25-27(2)19-13-18(15-26)9-10-20(19)32-25/h4-14H,3,16H2,1-2H3/q+1. The van der Waals surface area contributed by atoms with Crippen LogP contribution in [0.4, 0.5) is 5.69 Å². The summed E-state index contributed by atoms with van der Waals surface area (Å²) in [6.45, 7) is 3.40. The SMILES string of the molecule is CCn1c(=Cc2scc[n+]2Cc2ccccc2)sc(=C2Sc3ccc(C#N)cc3N2C)c1=O. The number of rotatable bonds is 4. The number of benzene rings is 2. The Kier molecular flexibility index (Phi) is 5.94. The third kappa shape index (κ3) is 4.04. The minimum Gasteiger partial charge on any atom is -0.337 e. The third-order valence-electron chi connectivity index (χ3n) is 5.54. The molecule has 1 aliphatic rings. The fourth-order valence-corrected chi connectivity index (χ4v) is 7.13. The van der Waals surface area contributed by atoms with Gasteiger partial charge in [-0.25, -0.2) is 0 Å². The molecule has 0 amide bonds. The van der Waals surface area contributed by atoms with E-state index in [1.165, 1.54) is 16.9 Å². The van der Waals surface area contributed by atoms with Crippen LogP contribution in [-0.4, -0.2) is 11.6 Å². The van der Waals surface area contributed by atoms with Gasteiger partial charge in [0.25, 0.3) is 10.6 Å². The van der Waals surface area contributed by atoms with E-state index < -0.39 is 0 Å². The molecule has 0 saturated carbocycles. The minimum atomic E-state index is 0.0302. The molecule has 33 heavy (non-hydrogen) atoms. The number of fused-ring (bicyclic) bond motifs is 1. The largest absolute Gasteiger partial charge is 0.337 e. The third-order valence-corrected chi connectivity index (χ3v) is 8.88. The van der Waals surface area contributed by atoms with Crippen LogP contribution in [0.15, 0.2) is 69.8 Å². The van der Waals surface area contributed by atoms with Gasteiger partial charge in [0.2, 0.25) is 0 Å². The number of nitriles is 1. The molecule has 0 fully saturated rings. The summed E-state index contributed by atoms with van der Waals surface area (Å²) < 4.78 is 5.73. The molecule has 0 saturated heterocycles. The van der Waals surface area contributed by atoms with Crippen molar-refractivity contribution in [3.8, 4) is 6.07 Å². The lowest BCUT2D eigenvalue weighted by Crippen LogP contribution is -2.36. The van der Waals surface area contributed by atoms with Crippen LogP contribution in [0.2, 0.25) is 0 Å². The Bertz CT molecular complexity index is 1560. The molecule has 1 aliphatic heterocycles. The summed E-state index contributed by atoms with van der Waals surface area (Å²) in [6, 6.07) is 18.2. The lowest BCUT2D eigenvalue weighted by Gasteiger charge is -2.12. The van der Waals surface area contributed by atoms with Gasteiger partial charge in [0, 0.05) is 24.1 Å². The molecule has 0 unspecified atom stereocenters. The molecule has 2 aromatic carbocycles. The molecule has 164 valence electrons. The Morgan fingerprint density at radius 1 is 1.18 bits per heavy atom. The molecular weight excluding hydrogens is 469 g/mol. The zero-order chi connectivity index (χ0) is 22.9. The molecule has 4 aromatic rings. The van der Waals surface area contributed by atoms with Crippen LogP contribution >= 0.6 is 34.4 Å². The van der Waals surface area contributed by atoms with Gasteiger partial charge in [-0.05, 0) is 25.1 Å². The number of hydrogen-bond acceptors (Lipinski definition) is 6. The zero-order valence-electron chi connectivity index (χ0n) is 18.2. The van der Waals surface area contributed by atoms with Crippen LogP contribution < -0.4 is 24.2 Å². The highest BCUT2D eigenvalue weighted by Crippen LogP contribution is 2.45. The van der Waals surface area contributed by atoms with Crippen LogP contribution in [0.25, 0.3) is 11.1 Å². The van der Waals surface area contributed by atoms with Crippen molar-refractivity contribution in [3.05, 3.63) is 95.8 Å². The maximum absolute atomic E-state index is 13.4. The van der Waals surface area contributed by atoms with Crippen molar-refractivity contribution in [3.63, 3.8) is 0 Å². The van der Waals surface area contributed by atoms with E-state index in [1.54, 1.807) is 23.1 Å². The molecule has 0 aliphatic carbocycles. The summed E-state index contributed by atoms with van der Waals surface area (Å²) in [6.07, 6.45) is 4.21. The fourth-order valence-electron chi connectivity index (χ4n) is 3.83. The van der Waals surface area contributed by atoms with E-state index in [4.69, 9.17) is 0 Å². The topological polar surface area (TPSA) is 52.9 Å². The smallest absolute Gasteiger partial charge is 0.271 e. The maximum Gasteiger partial charge on any atom is 0.271 e. The Balaban J connectivity index is 1.61. The normalized spacial score (nSPS) is 15.1. The molecule has 0 spiro atoms. The van der Waals surface area contributed by atoms with Gasteiger partial charge in [0.1, 0.15) is 14.2 Å². The van der Waals surface area contributed by atoms with E-state index in [1.807, 2.05) is 47.7 Å². The second-order valence-electron chi connectivity index (χ2n) is 7.58. The number of aromatic nitrogens is 2. The first-order chi connectivity index (χ1) is 16.1. The summed E-state index contributed by atoms with van der Waals surface area (Å²) >= 11 is 4.79. The summed E-state index contributed by atoms with van der Waals surface area (Å²) in [5, 5.41) is 13.4. The van der Waals surface area contributed by atoms with E-state index >= 15 is 0 Å². The molecule has 0 N–H and O–H groups in total. The van der Waals surface area contributed by atoms with Gasteiger partial charge in [0.15, 0.2) is 12.7 Å². The van der Waals surface area contributed by atoms with Crippen LogP contribution in [-0.2, 0) is 13.1 Å². The summed E-state index contributed by atoms with van der Waals surface area (Å²) in [7, 11) is 1.96. The number of hydrogen-bond donors (Lipinski definition) is 0. The van der Waals surface area contributed by atoms with Gasteiger partial charge in [-0.1, -0.05) is 53.4 Å². The monoisotopic (exact) mass is 489 g/mol. The maximum atomic E-state index is 13.4. The second kappa shape index (κ2) is 9.02. The van der Waals surface area contributed by atoms with Crippen molar-refractivity contribution < 1.29 is 4.57 Å². The number of thiazole rings is 2. The average molecular weight is 490 g/mol. The lowest BCUT2D eigenvalue weighted by atomic mass is 10.2. The lowest BCUT2D eigenvalue weighted by molar-refractivity contribution is -0.685. The van der Waals surface area contributed by atoms with E-state index in [0.29, 0.717) is 12.1 Å². The molecule has 8 heteroatoms. The van der Waals surface area contributed by atoms with Crippen molar-refractivity contribution in [2.24, 2.45) is 0 Å². The Labute approximate surface area is 203 Å². The Hall–Kier alpha value is -3.12. The van der Waals surface area contributed by atoms with Crippen LogP contribution in [0.5, 0.6) is 0 Å². The molecule has 5 nitrogen and oxygen atoms in total. The highest BCUT2D eigenvalue weighted by Gasteiger charge is 2.25. The summed E-state index contributed by atoms with van der Waals surface area (Å²) in [5.74, 6) is 0. The van der Waals surface area contributed by atoms with Crippen LogP contribution in [0, 0.1) is 11.3 Å². The number of anilines is 1. The molecule has 5 rings (SSSR count). The van der Waals surface area contributed by atoms with E-state index in [2.05, 4.69) is 52.6 Å². The van der Waals surface area contributed by atoms with Gasteiger partial charge in [-0.2, -0.15) is 9.83 Å². The second-order valence-corrected chi connectivity index (χ2v) is 10.6. The first kappa shape index (κ1) is 21.7. The van der Waals surface area contributed by atoms with Crippen molar-refractivity contribution in [1.29, 1.82) is 5.26 Å². The Morgan fingerprint density at radius 3 is 2.76 bits per heavy atom. The van der Waals surface area contributed by atoms with E-state index in [0.717, 1.165) is 36.4 Å². The van der Waals surface area contributed by atoms with Crippen molar-refractivity contribution in [2.75, 3.05) is 11.9 Å². The van der Waals surface area contributed by atoms with E-state index in [-0.39, 0.29) is 5.56 Å².